The lowest BCUT2D eigenvalue weighted by Crippen LogP contribution is -2.19. The molecule has 0 heterocycles. The molecule has 1 amide bonds. The van der Waals surface area contributed by atoms with Crippen LogP contribution < -0.4 is 24.4 Å². The Bertz CT molecular complexity index is 789. The molecule has 7 heteroatoms. The average Bonchev–Trinajstić information content (AvgIpc) is 2.67. The predicted molar refractivity (Wildman–Crippen MR) is 98.5 cm³/mol. The summed E-state index contributed by atoms with van der Waals surface area (Å²) in [4.78, 5) is 12.0. The summed E-state index contributed by atoms with van der Waals surface area (Å²) in [6.45, 7) is 0. The number of nitrogens with zero attached hydrogens (tertiary/aromatic N) is 1. The first-order valence-corrected chi connectivity index (χ1v) is 7.86. The molecule has 7 nitrogen and oxygen atoms in total. The van der Waals surface area contributed by atoms with E-state index in [4.69, 9.17) is 18.9 Å². The van der Waals surface area contributed by atoms with Gasteiger partial charge in [-0.05, 0) is 41.5 Å². The van der Waals surface area contributed by atoms with Gasteiger partial charge >= 0.3 is 0 Å². The number of methoxy groups -OCH3 is 4. The van der Waals surface area contributed by atoms with E-state index in [0.717, 1.165) is 11.1 Å². The monoisotopic (exact) mass is 358 g/mol. The van der Waals surface area contributed by atoms with E-state index in [9.17, 15) is 4.79 Å². The lowest BCUT2D eigenvalue weighted by Gasteiger charge is -2.09. The van der Waals surface area contributed by atoms with Crippen LogP contribution in [0.4, 0.5) is 0 Å². The van der Waals surface area contributed by atoms with Gasteiger partial charge in [0.05, 0.1) is 41.1 Å². The van der Waals surface area contributed by atoms with Crippen molar-refractivity contribution in [3.63, 3.8) is 0 Å². The fourth-order valence-electron chi connectivity index (χ4n) is 2.33. The maximum atomic E-state index is 12.0. The minimum absolute atomic E-state index is 0.170. The third-order valence-electron chi connectivity index (χ3n) is 3.62. The molecule has 2 aromatic rings. The third kappa shape index (κ3) is 4.89. The Balaban J connectivity index is 1.97. The van der Waals surface area contributed by atoms with Crippen LogP contribution >= 0.6 is 0 Å². The zero-order chi connectivity index (χ0) is 18.9. The standard InChI is InChI=1S/C19H22N2O5/c1-23-15-7-5-13(9-17(15)25-3)11-19(22)21-20-12-14-6-8-16(24-2)18(10-14)26-4/h5-10,12H,11H2,1-4H3,(H,21,22). The average molecular weight is 358 g/mol. The Labute approximate surface area is 152 Å². The number of carbonyl (C=O) groups excluding carboxylic acids is 1. The summed E-state index contributed by atoms with van der Waals surface area (Å²) in [7, 11) is 6.24. The largest absolute Gasteiger partial charge is 0.493 e. The Kier molecular flexibility index (Phi) is 6.84. The van der Waals surface area contributed by atoms with Gasteiger partial charge in [0.25, 0.3) is 0 Å². The number of hydrazone groups is 1. The van der Waals surface area contributed by atoms with Gasteiger partial charge < -0.3 is 18.9 Å². The van der Waals surface area contributed by atoms with E-state index in [-0.39, 0.29) is 12.3 Å². The molecule has 0 aliphatic rings. The van der Waals surface area contributed by atoms with Crippen LogP contribution in [0.1, 0.15) is 11.1 Å². The Morgan fingerprint density at radius 1 is 0.885 bits per heavy atom. The molecule has 138 valence electrons. The highest BCUT2D eigenvalue weighted by Crippen LogP contribution is 2.28. The molecule has 2 rings (SSSR count). The van der Waals surface area contributed by atoms with Crippen LogP contribution in [-0.2, 0) is 11.2 Å². The highest BCUT2D eigenvalue weighted by molar-refractivity contribution is 5.84. The first-order valence-electron chi connectivity index (χ1n) is 7.86. The van der Waals surface area contributed by atoms with Crippen molar-refractivity contribution in [3.8, 4) is 23.0 Å². The SMILES string of the molecule is COc1ccc(C=NNC(=O)Cc2ccc(OC)c(OC)c2)cc1OC. The van der Waals surface area contributed by atoms with E-state index in [1.54, 1.807) is 58.8 Å². The van der Waals surface area contributed by atoms with Gasteiger partial charge in [0.15, 0.2) is 23.0 Å². The van der Waals surface area contributed by atoms with Crippen molar-refractivity contribution in [3.05, 3.63) is 47.5 Å². The fraction of sp³-hybridized carbons (Fsp3) is 0.263. The normalized spacial score (nSPS) is 10.5. The maximum Gasteiger partial charge on any atom is 0.244 e. The molecular weight excluding hydrogens is 336 g/mol. The summed E-state index contributed by atoms with van der Waals surface area (Å²) in [6.07, 6.45) is 1.71. The van der Waals surface area contributed by atoms with E-state index in [2.05, 4.69) is 10.5 Å². The van der Waals surface area contributed by atoms with Crippen LogP contribution in [0.5, 0.6) is 23.0 Å². The van der Waals surface area contributed by atoms with Gasteiger partial charge in [0.2, 0.25) is 5.91 Å². The summed E-state index contributed by atoms with van der Waals surface area (Å²) in [5, 5.41) is 3.97. The van der Waals surface area contributed by atoms with Crippen molar-refractivity contribution >= 4 is 12.1 Å². The van der Waals surface area contributed by atoms with Crippen LogP contribution in [0, 0.1) is 0 Å². The second kappa shape index (κ2) is 9.31. The number of nitrogens with one attached hydrogen (secondary N) is 1. The highest BCUT2D eigenvalue weighted by atomic mass is 16.5. The number of ether oxygens (including phenoxy) is 4. The zero-order valence-electron chi connectivity index (χ0n) is 15.2. The van der Waals surface area contributed by atoms with E-state index in [1.807, 2.05) is 6.07 Å². The summed E-state index contributed by atoms with van der Waals surface area (Å²) >= 11 is 0. The smallest absolute Gasteiger partial charge is 0.244 e. The van der Waals surface area contributed by atoms with Gasteiger partial charge in [-0.2, -0.15) is 5.10 Å². The lowest BCUT2D eigenvalue weighted by atomic mass is 10.1. The van der Waals surface area contributed by atoms with Crippen molar-refractivity contribution in [2.75, 3.05) is 28.4 Å². The molecular formula is C19H22N2O5. The quantitative estimate of drug-likeness (QED) is 0.579. The Morgan fingerprint density at radius 3 is 2.08 bits per heavy atom. The van der Waals surface area contributed by atoms with Crippen molar-refractivity contribution in [1.82, 2.24) is 5.43 Å². The summed E-state index contributed by atoms with van der Waals surface area (Å²) < 4.78 is 20.8. The van der Waals surface area contributed by atoms with Crippen LogP contribution in [0.25, 0.3) is 0 Å². The summed E-state index contributed by atoms with van der Waals surface area (Å²) in [5.41, 5.74) is 4.06. The van der Waals surface area contributed by atoms with Gasteiger partial charge in [0.1, 0.15) is 0 Å². The topological polar surface area (TPSA) is 78.4 Å². The molecule has 0 fully saturated rings. The molecule has 0 aliphatic heterocycles. The minimum Gasteiger partial charge on any atom is -0.493 e. The van der Waals surface area contributed by atoms with Gasteiger partial charge in [-0.3, -0.25) is 4.79 Å². The van der Waals surface area contributed by atoms with E-state index < -0.39 is 0 Å². The van der Waals surface area contributed by atoms with Crippen molar-refractivity contribution in [1.29, 1.82) is 0 Å². The van der Waals surface area contributed by atoms with Gasteiger partial charge in [-0.15, -0.1) is 0 Å². The highest BCUT2D eigenvalue weighted by Gasteiger charge is 2.08. The van der Waals surface area contributed by atoms with Gasteiger partial charge in [0, 0.05) is 0 Å². The molecule has 0 saturated heterocycles. The lowest BCUT2D eigenvalue weighted by molar-refractivity contribution is -0.120. The van der Waals surface area contributed by atoms with Gasteiger partial charge in [-0.25, -0.2) is 5.43 Å². The molecule has 0 unspecified atom stereocenters. The molecule has 0 saturated carbocycles. The van der Waals surface area contributed by atoms with Crippen molar-refractivity contribution in [2.45, 2.75) is 6.42 Å². The zero-order valence-corrected chi connectivity index (χ0v) is 15.2. The summed E-state index contributed by atoms with van der Waals surface area (Å²) in [6, 6.07) is 10.7. The summed E-state index contributed by atoms with van der Waals surface area (Å²) in [5.74, 6) is 2.17. The van der Waals surface area contributed by atoms with Crippen LogP contribution in [0.2, 0.25) is 0 Å². The minimum atomic E-state index is -0.242. The Hall–Kier alpha value is -3.22. The van der Waals surface area contributed by atoms with Crippen molar-refractivity contribution in [2.24, 2.45) is 5.10 Å². The third-order valence-corrected chi connectivity index (χ3v) is 3.62. The number of rotatable bonds is 8. The molecule has 0 atom stereocenters. The predicted octanol–water partition coefficient (Wildman–Crippen LogP) is 2.41. The molecule has 0 radical (unpaired) electrons. The molecule has 2 aromatic carbocycles. The second-order valence-electron chi connectivity index (χ2n) is 5.27. The number of amides is 1. The van der Waals surface area contributed by atoms with Crippen LogP contribution in [0.15, 0.2) is 41.5 Å². The number of hydrogen-bond donors (Lipinski definition) is 1. The van der Waals surface area contributed by atoms with E-state index >= 15 is 0 Å². The molecule has 0 spiro atoms. The molecule has 0 bridgehead atoms. The molecule has 0 aromatic heterocycles. The second-order valence-corrected chi connectivity index (χ2v) is 5.27. The van der Waals surface area contributed by atoms with Crippen LogP contribution in [-0.4, -0.2) is 40.6 Å². The number of benzene rings is 2. The number of hydrogen-bond acceptors (Lipinski definition) is 6. The molecule has 26 heavy (non-hydrogen) atoms. The van der Waals surface area contributed by atoms with Crippen molar-refractivity contribution < 1.29 is 23.7 Å². The fourth-order valence-corrected chi connectivity index (χ4v) is 2.33. The number of carbonyl (C=O) groups is 1. The van der Waals surface area contributed by atoms with Gasteiger partial charge in [-0.1, -0.05) is 6.07 Å². The maximum absolute atomic E-state index is 12.0. The first kappa shape index (κ1) is 19.1. The first-order chi connectivity index (χ1) is 12.6. The Morgan fingerprint density at radius 2 is 1.46 bits per heavy atom. The van der Waals surface area contributed by atoms with Crippen LogP contribution in [0.3, 0.4) is 0 Å². The molecule has 0 aliphatic carbocycles. The molecule has 1 N–H and O–H groups in total. The van der Waals surface area contributed by atoms with E-state index in [1.165, 1.54) is 6.21 Å². The van der Waals surface area contributed by atoms with E-state index in [0.29, 0.717) is 23.0 Å².